The summed E-state index contributed by atoms with van der Waals surface area (Å²) in [6, 6.07) is 3.15. The molecule has 6 nitrogen and oxygen atoms in total. The molecule has 7 heteroatoms. The Morgan fingerprint density at radius 2 is 2.33 bits per heavy atom. The molecule has 1 unspecified atom stereocenters. The van der Waals surface area contributed by atoms with Crippen LogP contribution in [0.5, 0.6) is 0 Å². The highest BCUT2D eigenvalue weighted by Gasteiger charge is 2.30. The van der Waals surface area contributed by atoms with Crippen LogP contribution in [0, 0.1) is 5.92 Å². The number of aromatic nitrogens is 1. The summed E-state index contributed by atoms with van der Waals surface area (Å²) in [5.74, 6) is 0.859. The second kappa shape index (κ2) is 7.20. The highest BCUT2D eigenvalue weighted by molar-refractivity contribution is 7.89. The Kier molecular flexibility index (Phi) is 5.55. The highest BCUT2D eigenvalue weighted by Crippen LogP contribution is 2.24. The largest absolute Gasteiger partial charge is 0.384 e. The summed E-state index contributed by atoms with van der Waals surface area (Å²) in [6.07, 6.45) is 3.42. The van der Waals surface area contributed by atoms with E-state index in [2.05, 4.69) is 10.3 Å². The molecule has 1 aliphatic rings. The molecule has 1 atom stereocenters. The summed E-state index contributed by atoms with van der Waals surface area (Å²) >= 11 is 0. The molecule has 0 aromatic carbocycles. The van der Waals surface area contributed by atoms with Gasteiger partial charge in [0.2, 0.25) is 10.0 Å². The molecule has 0 amide bonds. The minimum atomic E-state index is -3.46. The number of pyridine rings is 1. The van der Waals surface area contributed by atoms with Crippen LogP contribution in [0.2, 0.25) is 0 Å². The molecule has 0 aliphatic carbocycles. The van der Waals surface area contributed by atoms with Crippen LogP contribution in [0.25, 0.3) is 0 Å². The molecule has 0 saturated carbocycles. The van der Waals surface area contributed by atoms with E-state index in [1.807, 2.05) is 6.92 Å². The van der Waals surface area contributed by atoms with Crippen LogP contribution in [-0.2, 0) is 14.8 Å². The number of piperidine rings is 1. The zero-order valence-electron chi connectivity index (χ0n) is 12.6. The first-order chi connectivity index (χ1) is 10.1. The van der Waals surface area contributed by atoms with E-state index in [1.165, 1.54) is 6.20 Å². The normalized spacial score (nSPS) is 20.4. The van der Waals surface area contributed by atoms with Gasteiger partial charge in [0, 0.05) is 39.0 Å². The Balaban J connectivity index is 2.18. The van der Waals surface area contributed by atoms with Crippen LogP contribution in [0.4, 0.5) is 5.82 Å². The van der Waals surface area contributed by atoms with Crippen molar-refractivity contribution < 1.29 is 13.2 Å². The predicted octanol–water partition coefficient (Wildman–Crippen LogP) is 1.56. The van der Waals surface area contributed by atoms with Crippen molar-refractivity contribution in [2.75, 3.05) is 38.7 Å². The third-order valence-electron chi connectivity index (χ3n) is 3.61. The maximum atomic E-state index is 12.7. The fourth-order valence-corrected chi connectivity index (χ4v) is 4.18. The van der Waals surface area contributed by atoms with Crippen molar-refractivity contribution >= 4 is 15.8 Å². The Morgan fingerprint density at radius 3 is 3.05 bits per heavy atom. The lowest BCUT2D eigenvalue weighted by molar-refractivity contribution is 0.118. The van der Waals surface area contributed by atoms with E-state index < -0.39 is 10.0 Å². The Hall–Kier alpha value is -1.18. The van der Waals surface area contributed by atoms with Gasteiger partial charge in [-0.25, -0.2) is 13.4 Å². The van der Waals surface area contributed by atoms with E-state index in [-0.39, 0.29) is 5.92 Å². The third kappa shape index (κ3) is 3.93. The fourth-order valence-electron chi connectivity index (χ4n) is 2.62. The van der Waals surface area contributed by atoms with Gasteiger partial charge in [-0.1, -0.05) is 0 Å². The maximum Gasteiger partial charge on any atom is 0.243 e. The molecule has 1 aromatic rings. The quantitative estimate of drug-likeness (QED) is 0.863. The Labute approximate surface area is 126 Å². The molecule has 0 bridgehead atoms. The van der Waals surface area contributed by atoms with Crippen molar-refractivity contribution in [3.63, 3.8) is 0 Å². The highest BCUT2D eigenvalue weighted by atomic mass is 32.2. The number of sulfonamides is 1. The lowest BCUT2D eigenvalue weighted by Gasteiger charge is -2.31. The van der Waals surface area contributed by atoms with Crippen LogP contribution in [-0.4, -0.2) is 51.1 Å². The van der Waals surface area contributed by atoms with Gasteiger partial charge in [-0.05, 0) is 31.7 Å². The second-order valence-corrected chi connectivity index (χ2v) is 7.17. The molecule has 21 heavy (non-hydrogen) atoms. The van der Waals surface area contributed by atoms with E-state index in [1.54, 1.807) is 23.5 Å². The number of rotatable bonds is 6. The molecule has 118 valence electrons. The average Bonchev–Trinajstić information content (AvgIpc) is 2.48. The van der Waals surface area contributed by atoms with Gasteiger partial charge >= 0.3 is 0 Å². The van der Waals surface area contributed by atoms with Gasteiger partial charge in [-0.2, -0.15) is 4.31 Å². The van der Waals surface area contributed by atoms with E-state index in [4.69, 9.17) is 4.74 Å². The van der Waals surface area contributed by atoms with Gasteiger partial charge in [0.15, 0.2) is 0 Å². The van der Waals surface area contributed by atoms with E-state index in [0.717, 1.165) is 12.8 Å². The van der Waals surface area contributed by atoms with E-state index in [0.29, 0.717) is 37.0 Å². The number of ether oxygens (including phenoxy) is 1. The van der Waals surface area contributed by atoms with Crippen molar-refractivity contribution in [3.8, 4) is 0 Å². The van der Waals surface area contributed by atoms with E-state index >= 15 is 0 Å². The van der Waals surface area contributed by atoms with Gasteiger partial charge in [0.25, 0.3) is 0 Å². The zero-order chi connectivity index (χ0) is 15.3. The van der Waals surface area contributed by atoms with Gasteiger partial charge in [-0.15, -0.1) is 0 Å². The summed E-state index contributed by atoms with van der Waals surface area (Å²) in [6.45, 7) is 4.35. The number of hydrogen-bond donors (Lipinski definition) is 1. The Morgan fingerprint density at radius 1 is 1.52 bits per heavy atom. The standard InChI is InChI=1S/C14H23N3O3S/c1-3-15-14-9-13(6-7-16-14)21(18,19)17-8-4-5-12(10-17)11-20-2/h6-7,9,12H,3-5,8,10-11H2,1-2H3,(H,15,16). The lowest BCUT2D eigenvalue weighted by Crippen LogP contribution is -2.41. The molecule has 1 aromatic heterocycles. The van der Waals surface area contributed by atoms with Crippen molar-refractivity contribution in [1.29, 1.82) is 0 Å². The molecular formula is C14H23N3O3S. The molecule has 0 spiro atoms. The third-order valence-corrected chi connectivity index (χ3v) is 5.47. The predicted molar refractivity (Wildman–Crippen MR) is 81.8 cm³/mol. The van der Waals surface area contributed by atoms with Crippen molar-refractivity contribution in [2.45, 2.75) is 24.7 Å². The second-order valence-electron chi connectivity index (χ2n) is 5.23. The first-order valence-electron chi connectivity index (χ1n) is 7.27. The number of nitrogens with zero attached hydrogens (tertiary/aromatic N) is 2. The first kappa shape index (κ1) is 16.2. The molecule has 2 rings (SSSR count). The number of methoxy groups -OCH3 is 1. The fraction of sp³-hybridized carbons (Fsp3) is 0.643. The number of hydrogen-bond acceptors (Lipinski definition) is 5. The smallest absolute Gasteiger partial charge is 0.243 e. The summed E-state index contributed by atoms with van der Waals surface area (Å²) in [7, 11) is -1.80. The SMILES string of the molecule is CCNc1cc(S(=O)(=O)N2CCCC(COC)C2)ccn1. The summed E-state index contributed by atoms with van der Waals surface area (Å²) in [5.41, 5.74) is 0. The summed E-state index contributed by atoms with van der Waals surface area (Å²) < 4.78 is 32.2. The minimum absolute atomic E-state index is 0.272. The molecular weight excluding hydrogens is 290 g/mol. The minimum Gasteiger partial charge on any atom is -0.384 e. The van der Waals surface area contributed by atoms with Gasteiger partial charge in [-0.3, -0.25) is 0 Å². The lowest BCUT2D eigenvalue weighted by atomic mass is 10.0. The average molecular weight is 313 g/mol. The van der Waals surface area contributed by atoms with Crippen LogP contribution in [0.1, 0.15) is 19.8 Å². The van der Waals surface area contributed by atoms with Crippen LogP contribution in [0.15, 0.2) is 23.2 Å². The summed E-state index contributed by atoms with van der Waals surface area (Å²) in [5, 5.41) is 3.04. The van der Waals surface area contributed by atoms with Gasteiger partial charge in [0.1, 0.15) is 5.82 Å². The van der Waals surface area contributed by atoms with Crippen molar-refractivity contribution in [1.82, 2.24) is 9.29 Å². The monoisotopic (exact) mass is 313 g/mol. The maximum absolute atomic E-state index is 12.7. The van der Waals surface area contributed by atoms with Crippen molar-refractivity contribution in [3.05, 3.63) is 18.3 Å². The van der Waals surface area contributed by atoms with Crippen molar-refractivity contribution in [2.24, 2.45) is 5.92 Å². The molecule has 0 radical (unpaired) electrons. The molecule has 1 N–H and O–H groups in total. The molecule has 1 saturated heterocycles. The Bertz CT molecular complexity index is 560. The molecule has 2 heterocycles. The van der Waals surface area contributed by atoms with Crippen LogP contribution >= 0.6 is 0 Å². The van der Waals surface area contributed by atoms with E-state index in [9.17, 15) is 8.42 Å². The molecule has 1 aliphatic heterocycles. The van der Waals surface area contributed by atoms with Gasteiger partial charge < -0.3 is 10.1 Å². The summed E-state index contributed by atoms with van der Waals surface area (Å²) in [4.78, 5) is 4.42. The zero-order valence-corrected chi connectivity index (χ0v) is 13.4. The first-order valence-corrected chi connectivity index (χ1v) is 8.71. The van der Waals surface area contributed by atoms with Gasteiger partial charge in [0.05, 0.1) is 11.5 Å². The number of nitrogens with one attached hydrogen (secondary N) is 1. The van der Waals surface area contributed by atoms with Crippen LogP contribution < -0.4 is 5.32 Å². The number of anilines is 1. The molecule has 1 fully saturated rings. The topological polar surface area (TPSA) is 71.5 Å². The van der Waals surface area contributed by atoms with Crippen LogP contribution in [0.3, 0.4) is 0 Å².